The molecule has 0 bridgehead atoms. The van der Waals surface area contributed by atoms with Gasteiger partial charge in [-0.3, -0.25) is 0 Å². The highest BCUT2D eigenvalue weighted by Crippen LogP contribution is 2.62. The molecule has 0 aliphatic carbocycles. The van der Waals surface area contributed by atoms with Crippen molar-refractivity contribution < 1.29 is 0 Å². The Morgan fingerprint density at radius 2 is 0.636 bits per heavy atom. The van der Waals surface area contributed by atoms with Gasteiger partial charge in [-0.05, 0) is 48.9 Å². The van der Waals surface area contributed by atoms with Crippen LogP contribution in [0.15, 0.2) is 121 Å². The molecule has 6 aromatic rings. The first kappa shape index (κ1) is 26.7. The van der Waals surface area contributed by atoms with Crippen LogP contribution in [0.3, 0.4) is 0 Å². The van der Waals surface area contributed by atoms with Crippen molar-refractivity contribution in [3.05, 3.63) is 144 Å². The van der Waals surface area contributed by atoms with Gasteiger partial charge in [-0.1, -0.05) is 108 Å². The van der Waals surface area contributed by atoms with E-state index in [0.29, 0.717) is 0 Å². The summed E-state index contributed by atoms with van der Waals surface area (Å²) in [6.45, 7) is 4.35. The van der Waals surface area contributed by atoms with Crippen LogP contribution >= 0.6 is 0 Å². The van der Waals surface area contributed by atoms with E-state index in [1.165, 1.54) is 66.5 Å². The zero-order chi connectivity index (χ0) is 30.4. The molecule has 0 radical (unpaired) electrons. The normalized spacial score (nSPS) is 16.6. The second kappa shape index (κ2) is 9.27. The van der Waals surface area contributed by atoms with Gasteiger partial charge in [0.25, 0.3) is 0 Å². The van der Waals surface area contributed by atoms with Crippen LogP contribution in [-0.4, -0.2) is 28.2 Å². The Hall–Kier alpha value is -4.96. The number of hydrogen-bond donors (Lipinski definition) is 0. The van der Waals surface area contributed by atoms with E-state index in [4.69, 9.17) is 0 Å². The maximum absolute atomic E-state index is 2.55. The first-order valence-corrected chi connectivity index (χ1v) is 15.4. The van der Waals surface area contributed by atoms with Crippen LogP contribution in [0.25, 0.3) is 21.5 Å². The van der Waals surface area contributed by atoms with Crippen molar-refractivity contribution in [1.82, 2.24) is 0 Å². The lowest BCUT2D eigenvalue weighted by atomic mass is 9.72. The van der Waals surface area contributed by atoms with Crippen LogP contribution in [0.5, 0.6) is 0 Å². The minimum absolute atomic E-state index is 0.724. The summed E-state index contributed by atoms with van der Waals surface area (Å²) in [4.78, 5) is 10.2. The molecule has 4 heteroatoms. The number of benzene rings is 6. The molecule has 0 amide bonds. The Balaban J connectivity index is 1.58. The van der Waals surface area contributed by atoms with Gasteiger partial charge in [0.15, 0.2) is 11.3 Å². The summed E-state index contributed by atoms with van der Waals surface area (Å²) in [5.74, 6) is 0. The van der Waals surface area contributed by atoms with Gasteiger partial charge in [0.05, 0.1) is 0 Å². The van der Waals surface area contributed by atoms with Crippen LogP contribution in [0.1, 0.15) is 22.3 Å². The van der Waals surface area contributed by atoms with Crippen LogP contribution in [0, 0.1) is 13.8 Å². The number of anilines is 4. The summed E-state index contributed by atoms with van der Waals surface area (Å²) >= 11 is 0. The highest BCUT2D eigenvalue weighted by atomic mass is 15.6. The molecule has 44 heavy (non-hydrogen) atoms. The lowest BCUT2D eigenvalue weighted by Gasteiger charge is -2.68. The molecule has 8 rings (SSSR count). The molecule has 2 heterocycles. The summed E-state index contributed by atoms with van der Waals surface area (Å²) in [6, 6.07) is 45.3. The Morgan fingerprint density at radius 3 is 0.909 bits per heavy atom. The first-order valence-electron chi connectivity index (χ1n) is 15.4. The molecular formula is C40H38N4. The predicted molar refractivity (Wildman–Crippen MR) is 187 cm³/mol. The minimum atomic E-state index is -0.724. The Bertz CT molecular complexity index is 1820. The Labute approximate surface area is 260 Å². The Morgan fingerprint density at radius 1 is 0.364 bits per heavy atom. The fourth-order valence-corrected chi connectivity index (χ4v) is 8.55. The monoisotopic (exact) mass is 574 g/mol. The van der Waals surface area contributed by atoms with Crippen molar-refractivity contribution in [2.45, 2.75) is 25.2 Å². The summed E-state index contributed by atoms with van der Waals surface area (Å²) in [7, 11) is 9.17. The van der Waals surface area contributed by atoms with Crippen molar-refractivity contribution in [2.24, 2.45) is 0 Å². The SMILES string of the molecule is Cc1ccc(C2(C3(c4ccc(C)cc4)N(C)c4cccc5cccc(c45)N3C)N(C)c3cccc4cccc(c34)N2C)cc1. The summed E-state index contributed by atoms with van der Waals surface area (Å²) in [6.07, 6.45) is 0. The Kier molecular flexibility index (Phi) is 5.61. The van der Waals surface area contributed by atoms with E-state index < -0.39 is 11.3 Å². The van der Waals surface area contributed by atoms with Gasteiger partial charge in [0, 0.05) is 72.8 Å². The summed E-state index contributed by atoms with van der Waals surface area (Å²) < 4.78 is 0. The van der Waals surface area contributed by atoms with Gasteiger partial charge in [-0.15, -0.1) is 0 Å². The molecule has 0 saturated heterocycles. The summed E-state index contributed by atoms with van der Waals surface area (Å²) in [5, 5.41) is 5.07. The standard InChI is InChI=1S/C40H38N4/c1-27-19-23-31(24-20-27)39(41(3)33-15-7-11-29-12-8-16-34(37(29)33)42(39)4)40(32-25-21-28(2)22-26-32)43(5)35-17-9-13-30-14-10-18-36(38(30)35)44(40)6/h7-26H,1-6H3. The van der Waals surface area contributed by atoms with Crippen LogP contribution in [-0.2, 0) is 11.3 Å². The molecule has 2 aliphatic rings. The molecule has 218 valence electrons. The van der Waals surface area contributed by atoms with E-state index in [1.807, 2.05) is 0 Å². The summed E-state index contributed by atoms with van der Waals surface area (Å²) in [5.41, 5.74) is 8.40. The maximum atomic E-state index is 2.55. The number of rotatable bonds is 3. The predicted octanol–water partition coefficient (Wildman–Crippen LogP) is 8.79. The van der Waals surface area contributed by atoms with Crippen molar-refractivity contribution in [3.63, 3.8) is 0 Å². The average Bonchev–Trinajstić information content (AvgIpc) is 3.05. The highest BCUT2D eigenvalue weighted by Gasteiger charge is 2.67. The average molecular weight is 575 g/mol. The molecule has 2 aliphatic heterocycles. The molecule has 0 spiro atoms. The van der Waals surface area contributed by atoms with Crippen molar-refractivity contribution in [1.29, 1.82) is 0 Å². The van der Waals surface area contributed by atoms with Crippen molar-refractivity contribution in [3.8, 4) is 0 Å². The molecule has 6 aromatic carbocycles. The largest absolute Gasteiger partial charge is 0.344 e. The second-order valence-electron chi connectivity index (χ2n) is 12.6. The molecule has 0 saturated carbocycles. The van der Waals surface area contributed by atoms with Crippen molar-refractivity contribution in [2.75, 3.05) is 47.8 Å². The lowest BCUT2D eigenvalue weighted by Crippen LogP contribution is -2.79. The quantitative estimate of drug-likeness (QED) is 0.209. The second-order valence-corrected chi connectivity index (χ2v) is 12.6. The number of likely N-dealkylation sites (N-methyl/N-ethyl adjacent to an activating group) is 4. The molecular weight excluding hydrogens is 536 g/mol. The van der Waals surface area contributed by atoms with Crippen LogP contribution < -0.4 is 19.6 Å². The minimum Gasteiger partial charge on any atom is -0.344 e. The zero-order valence-corrected chi connectivity index (χ0v) is 26.3. The van der Waals surface area contributed by atoms with Gasteiger partial charge < -0.3 is 19.6 Å². The van der Waals surface area contributed by atoms with Gasteiger partial charge in [0.2, 0.25) is 0 Å². The fraction of sp³-hybridized carbons (Fsp3) is 0.200. The molecule has 4 nitrogen and oxygen atoms in total. The van der Waals surface area contributed by atoms with Gasteiger partial charge in [0.1, 0.15) is 0 Å². The van der Waals surface area contributed by atoms with Crippen LogP contribution in [0.4, 0.5) is 22.7 Å². The third-order valence-electron chi connectivity index (χ3n) is 10.5. The fourth-order valence-electron chi connectivity index (χ4n) is 8.55. The van der Waals surface area contributed by atoms with Crippen LogP contribution in [0.2, 0.25) is 0 Å². The van der Waals surface area contributed by atoms with E-state index >= 15 is 0 Å². The highest BCUT2D eigenvalue weighted by molar-refractivity contribution is 6.09. The topological polar surface area (TPSA) is 13.0 Å². The zero-order valence-electron chi connectivity index (χ0n) is 26.3. The van der Waals surface area contributed by atoms with E-state index in [9.17, 15) is 0 Å². The van der Waals surface area contributed by atoms with E-state index in [-0.39, 0.29) is 0 Å². The van der Waals surface area contributed by atoms with E-state index in [1.54, 1.807) is 0 Å². The van der Waals surface area contributed by atoms with Gasteiger partial charge in [-0.25, -0.2) is 0 Å². The molecule has 0 unspecified atom stereocenters. The number of nitrogens with zero attached hydrogens (tertiary/aromatic N) is 4. The van der Waals surface area contributed by atoms with Gasteiger partial charge >= 0.3 is 0 Å². The molecule has 0 N–H and O–H groups in total. The maximum Gasteiger partial charge on any atom is 0.187 e. The molecule has 0 aromatic heterocycles. The third kappa shape index (κ3) is 3.13. The third-order valence-corrected chi connectivity index (χ3v) is 10.5. The van der Waals surface area contributed by atoms with E-state index in [0.717, 1.165) is 0 Å². The first-order chi connectivity index (χ1) is 21.3. The number of hydrogen-bond acceptors (Lipinski definition) is 4. The molecule has 0 atom stereocenters. The smallest absolute Gasteiger partial charge is 0.187 e. The van der Waals surface area contributed by atoms with E-state index in [2.05, 4.69) is 183 Å². The van der Waals surface area contributed by atoms with Gasteiger partial charge in [-0.2, -0.15) is 0 Å². The lowest BCUT2D eigenvalue weighted by molar-refractivity contribution is 0.194. The molecule has 0 fully saturated rings. The van der Waals surface area contributed by atoms with Crippen molar-refractivity contribution >= 4 is 44.3 Å². The number of aryl methyl sites for hydroxylation is 2.